The van der Waals surface area contributed by atoms with Crippen molar-refractivity contribution in [3.8, 4) is 0 Å². The molecule has 0 spiro atoms. The van der Waals surface area contributed by atoms with Crippen LogP contribution >= 0.6 is 0 Å². The predicted molar refractivity (Wildman–Crippen MR) is 113 cm³/mol. The second-order valence-corrected chi connectivity index (χ2v) is 7.34. The number of pyridine rings is 1. The summed E-state index contributed by atoms with van der Waals surface area (Å²) in [5, 5.41) is 0. The third-order valence-electron chi connectivity index (χ3n) is 5.26. The molecule has 1 aliphatic rings. The first kappa shape index (κ1) is 18.6. The maximum atomic E-state index is 12.4. The van der Waals surface area contributed by atoms with E-state index in [9.17, 15) is 4.79 Å². The molecule has 0 radical (unpaired) electrons. The van der Waals surface area contributed by atoms with Crippen molar-refractivity contribution in [3.05, 3.63) is 88.0 Å². The summed E-state index contributed by atoms with van der Waals surface area (Å²) in [5.74, 6) is 0. The van der Waals surface area contributed by atoms with E-state index in [0.717, 1.165) is 56.3 Å². The Morgan fingerprint density at radius 2 is 1.71 bits per heavy atom. The van der Waals surface area contributed by atoms with Gasteiger partial charge in [-0.25, -0.2) is 4.98 Å². The number of aryl methyl sites for hydroxylation is 1. The van der Waals surface area contributed by atoms with Crippen LogP contribution < -0.4 is 5.56 Å². The average molecular weight is 374 g/mol. The maximum Gasteiger partial charge on any atom is 0.258 e. The first-order chi connectivity index (χ1) is 13.7. The number of benzene rings is 1. The van der Waals surface area contributed by atoms with Crippen LogP contribution in [0.15, 0.2) is 65.5 Å². The van der Waals surface area contributed by atoms with Crippen molar-refractivity contribution < 1.29 is 0 Å². The smallest absolute Gasteiger partial charge is 0.258 e. The molecule has 1 saturated heterocycles. The molecule has 0 aliphatic carbocycles. The molecule has 0 N–H and O–H groups in total. The van der Waals surface area contributed by atoms with Gasteiger partial charge in [0.2, 0.25) is 0 Å². The lowest BCUT2D eigenvalue weighted by Crippen LogP contribution is -2.46. The van der Waals surface area contributed by atoms with E-state index in [4.69, 9.17) is 0 Å². The molecular formula is C23H26N4O. The van der Waals surface area contributed by atoms with Crippen LogP contribution in [0.4, 0.5) is 0 Å². The van der Waals surface area contributed by atoms with Crippen molar-refractivity contribution in [2.75, 3.05) is 32.7 Å². The van der Waals surface area contributed by atoms with Crippen LogP contribution in [-0.4, -0.2) is 51.9 Å². The lowest BCUT2D eigenvalue weighted by Gasteiger charge is -2.33. The summed E-state index contributed by atoms with van der Waals surface area (Å²) < 4.78 is 1.67. The van der Waals surface area contributed by atoms with Crippen LogP contribution in [0.25, 0.3) is 11.7 Å². The molecule has 0 unspecified atom stereocenters. The molecular weight excluding hydrogens is 348 g/mol. The number of fused-ring (bicyclic) bond motifs is 1. The molecule has 4 rings (SSSR count). The molecule has 0 saturated carbocycles. The van der Waals surface area contributed by atoms with Crippen molar-refractivity contribution in [2.45, 2.75) is 13.5 Å². The minimum Gasteiger partial charge on any atom is -0.297 e. The van der Waals surface area contributed by atoms with Gasteiger partial charge in [0.25, 0.3) is 5.56 Å². The fourth-order valence-electron chi connectivity index (χ4n) is 3.71. The van der Waals surface area contributed by atoms with Gasteiger partial charge >= 0.3 is 0 Å². The summed E-state index contributed by atoms with van der Waals surface area (Å²) in [6.07, 6.45) is 4.42. The molecule has 5 nitrogen and oxygen atoms in total. The second-order valence-electron chi connectivity index (χ2n) is 7.34. The van der Waals surface area contributed by atoms with E-state index in [-0.39, 0.29) is 5.56 Å². The van der Waals surface area contributed by atoms with E-state index in [0.29, 0.717) is 0 Å². The van der Waals surface area contributed by atoms with Gasteiger partial charge in [0.05, 0.1) is 5.69 Å². The van der Waals surface area contributed by atoms with Crippen LogP contribution in [0.5, 0.6) is 0 Å². The summed E-state index contributed by atoms with van der Waals surface area (Å²) in [7, 11) is 0. The third kappa shape index (κ3) is 4.38. The van der Waals surface area contributed by atoms with Gasteiger partial charge in [0.1, 0.15) is 5.65 Å². The van der Waals surface area contributed by atoms with Gasteiger partial charge in [0, 0.05) is 51.0 Å². The van der Waals surface area contributed by atoms with E-state index in [1.54, 1.807) is 10.5 Å². The first-order valence-electron chi connectivity index (χ1n) is 9.84. The van der Waals surface area contributed by atoms with Crippen LogP contribution in [0, 0.1) is 6.92 Å². The summed E-state index contributed by atoms with van der Waals surface area (Å²) in [4.78, 5) is 22.0. The number of aromatic nitrogens is 2. The summed E-state index contributed by atoms with van der Waals surface area (Å²) in [5.41, 5.74) is 3.74. The Balaban J connectivity index is 1.33. The highest BCUT2D eigenvalue weighted by Crippen LogP contribution is 2.09. The van der Waals surface area contributed by atoms with E-state index < -0.39 is 0 Å². The molecule has 144 valence electrons. The van der Waals surface area contributed by atoms with Crippen molar-refractivity contribution in [1.82, 2.24) is 19.2 Å². The Morgan fingerprint density at radius 1 is 0.964 bits per heavy atom. The van der Waals surface area contributed by atoms with E-state index in [1.165, 1.54) is 5.56 Å². The maximum absolute atomic E-state index is 12.4. The van der Waals surface area contributed by atoms with Crippen molar-refractivity contribution in [3.63, 3.8) is 0 Å². The quantitative estimate of drug-likeness (QED) is 0.689. The van der Waals surface area contributed by atoms with Gasteiger partial charge in [0.15, 0.2) is 0 Å². The third-order valence-corrected chi connectivity index (χ3v) is 5.26. The normalized spacial score (nSPS) is 16.2. The summed E-state index contributed by atoms with van der Waals surface area (Å²) in [6, 6.07) is 17.9. The Morgan fingerprint density at radius 3 is 2.50 bits per heavy atom. The zero-order valence-corrected chi connectivity index (χ0v) is 16.3. The minimum atomic E-state index is 0.00258. The van der Waals surface area contributed by atoms with Gasteiger partial charge in [-0.05, 0) is 24.6 Å². The fourth-order valence-corrected chi connectivity index (χ4v) is 3.71. The van der Waals surface area contributed by atoms with Crippen LogP contribution in [0.2, 0.25) is 0 Å². The number of rotatable bonds is 5. The molecule has 3 heterocycles. The topological polar surface area (TPSA) is 40.9 Å². The molecule has 5 heteroatoms. The van der Waals surface area contributed by atoms with Gasteiger partial charge in [-0.1, -0.05) is 48.6 Å². The number of piperazine rings is 1. The monoisotopic (exact) mass is 374 g/mol. The Hall–Kier alpha value is -2.76. The lowest BCUT2D eigenvalue weighted by atomic mass is 10.2. The molecule has 2 aromatic heterocycles. The SMILES string of the molecule is Cc1cccc2nc(CN3CCN(C/C=C/c4ccccc4)CC3)cc(=O)n12. The van der Waals surface area contributed by atoms with Crippen molar-refractivity contribution in [2.24, 2.45) is 0 Å². The van der Waals surface area contributed by atoms with Crippen LogP contribution in [0.3, 0.4) is 0 Å². The number of hydrogen-bond acceptors (Lipinski definition) is 4. The molecule has 28 heavy (non-hydrogen) atoms. The lowest BCUT2D eigenvalue weighted by molar-refractivity contribution is 0.136. The van der Waals surface area contributed by atoms with E-state index >= 15 is 0 Å². The zero-order chi connectivity index (χ0) is 19.3. The molecule has 1 aliphatic heterocycles. The van der Waals surface area contributed by atoms with E-state index in [2.05, 4.69) is 51.2 Å². The highest BCUT2D eigenvalue weighted by Gasteiger charge is 2.17. The van der Waals surface area contributed by atoms with Gasteiger partial charge < -0.3 is 0 Å². The van der Waals surface area contributed by atoms with Gasteiger partial charge in [-0.2, -0.15) is 0 Å². The van der Waals surface area contributed by atoms with Crippen LogP contribution in [0.1, 0.15) is 17.0 Å². The molecule has 1 aromatic carbocycles. The fraction of sp³-hybridized carbons (Fsp3) is 0.304. The Bertz CT molecular complexity index is 1020. The summed E-state index contributed by atoms with van der Waals surface area (Å²) in [6.45, 7) is 7.68. The van der Waals surface area contributed by atoms with E-state index in [1.807, 2.05) is 31.2 Å². The van der Waals surface area contributed by atoms with Gasteiger partial charge in [-0.3, -0.25) is 19.0 Å². The molecule has 0 amide bonds. The number of hydrogen-bond donors (Lipinski definition) is 0. The van der Waals surface area contributed by atoms with Crippen molar-refractivity contribution in [1.29, 1.82) is 0 Å². The summed E-state index contributed by atoms with van der Waals surface area (Å²) >= 11 is 0. The van der Waals surface area contributed by atoms with Gasteiger partial charge in [-0.15, -0.1) is 0 Å². The second kappa shape index (κ2) is 8.50. The first-order valence-corrected chi connectivity index (χ1v) is 9.84. The highest BCUT2D eigenvalue weighted by atomic mass is 16.1. The molecule has 3 aromatic rings. The Kier molecular flexibility index (Phi) is 5.65. The largest absolute Gasteiger partial charge is 0.297 e. The molecule has 0 atom stereocenters. The molecule has 1 fully saturated rings. The standard InChI is InChI=1S/C23H26N4O/c1-19-7-5-11-22-24-21(17-23(28)27(19)22)18-26-15-13-25(14-16-26)12-6-10-20-8-3-2-4-9-20/h2-11,17H,12-16,18H2,1H3/b10-6+. The predicted octanol–water partition coefficient (Wildman–Crippen LogP) is 2.83. The van der Waals surface area contributed by atoms with Crippen LogP contribution in [-0.2, 0) is 6.54 Å². The Labute approximate surface area is 165 Å². The number of nitrogens with zero attached hydrogens (tertiary/aromatic N) is 4. The molecule has 0 bridgehead atoms. The highest BCUT2D eigenvalue weighted by molar-refractivity contribution is 5.48. The van der Waals surface area contributed by atoms with Crippen molar-refractivity contribution >= 4 is 11.7 Å². The average Bonchev–Trinajstić information content (AvgIpc) is 2.70. The zero-order valence-electron chi connectivity index (χ0n) is 16.3. The minimum absolute atomic E-state index is 0.00258.